The summed E-state index contributed by atoms with van der Waals surface area (Å²) in [6.07, 6.45) is 3.79. The summed E-state index contributed by atoms with van der Waals surface area (Å²) < 4.78 is 5.13. The van der Waals surface area contributed by atoms with E-state index in [0.717, 1.165) is 29.8 Å². The van der Waals surface area contributed by atoms with Crippen molar-refractivity contribution in [3.8, 4) is 0 Å². The van der Waals surface area contributed by atoms with E-state index in [9.17, 15) is 4.79 Å². The zero-order valence-corrected chi connectivity index (χ0v) is 15.8. The van der Waals surface area contributed by atoms with E-state index in [1.165, 1.54) is 6.20 Å². The predicted molar refractivity (Wildman–Crippen MR) is 106 cm³/mol. The van der Waals surface area contributed by atoms with Crippen molar-refractivity contribution in [1.29, 1.82) is 0 Å². The summed E-state index contributed by atoms with van der Waals surface area (Å²) >= 11 is 0. The number of hydrogen-bond donors (Lipinski definition) is 3. The number of anilines is 4. The molecule has 144 valence electrons. The van der Waals surface area contributed by atoms with Gasteiger partial charge in [-0.2, -0.15) is 10.1 Å². The molecule has 28 heavy (non-hydrogen) atoms. The molecule has 1 fully saturated rings. The molecule has 1 aliphatic rings. The molecule has 1 aromatic carbocycles. The standard InChI is InChI=1S/C20H22N6O2/c1-3-28-19(27)14-11-21-20(22-15-7-5-4-6-12(15)2)24-18(14)23-17-10-16(25-26-17)13-8-9-13/h4-7,10-11,13H,3,8-9H2,1-2H3,(H3,21,22,23,24,25,26). The van der Waals surface area contributed by atoms with Crippen LogP contribution in [0, 0.1) is 6.92 Å². The highest BCUT2D eigenvalue weighted by molar-refractivity contribution is 5.95. The number of aromatic amines is 1. The van der Waals surface area contributed by atoms with Gasteiger partial charge in [-0.05, 0) is 38.3 Å². The first-order valence-corrected chi connectivity index (χ1v) is 9.33. The van der Waals surface area contributed by atoms with Crippen molar-refractivity contribution < 1.29 is 9.53 Å². The van der Waals surface area contributed by atoms with Crippen molar-refractivity contribution in [2.24, 2.45) is 0 Å². The fraction of sp³-hybridized carbons (Fsp3) is 0.300. The molecule has 0 aliphatic heterocycles. The summed E-state index contributed by atoms with van der Waals surface area (Å²) in [5, 5.41) is 13.6. The number of ether oxygens (including phenoxy) is 1. The van der Waals surface area contributed by atoms with Gasteiger partial charge in [-0.1, -0.05) is 18.2 Å². The second-order valence-corrected chi connectivity index (χ2v) is 6.72. The minimum absolute atomic E-state index is 0.264. The molecule has 1 aliphatic carbocycles. The maximum absolute atomic E-state index is 12.3. The highest BCUT2D eigenvalue weighted by atomic mass is 16.5. The van der Waals surface area contributed by atoms with E-state index in [1.54, 1.807) is 6.92 Å². The molecule has 0 radical (unpaired) electrons. The molecular weight excluding hydrogens is 356 g/mol. The van der Waals surface area contributed by atoms with Gasteiger partial charge in [0.25, 0.3) is 0 Å². The first-order chi connectivity index (χ1) is 13.6. The maximum atomic E-state index is 12.3. The molecule has 0 amide bonds. The van der Waals surface area contributed by atoms with E-state index < -0.39 is 5.97 Å². The lowest BCUT2D eigenvalue weighted by Crippen LogP contribution is -2.12. The Morgan fingerprint density at radius 1 is 1.29 bits per heavy atom. The molecule has 0 bridgehead atoms. The average molecular weight is 378 g/mol. The van der Waals surface area contributed by atoms with E-state index in [0.29, 0.717) is 23.5 Å². The second-order valence-electron chi connectivity index (χ2n) is 6.72. The number of hydrogen-bond acceptors (Lipinski definition) is 7. The van der Waals surface area contributed by atoms with E-state index >= 15 is 0 Å². The summed E-state index contributed by atoms with van der Waals surface area (Å²) in [5.74, 6) is 1.46. The molecule has 0 atom stereocenters. The molecule has 3 aromatic rings. The number of aromatic nitrogens is 4. The van der Waals surface area contributed by atoms with Crippen molar-refractivity contribution >= 4 is 29.2 Å². The van der Waals surface area contributed by atoms with Crippen LogP contribution < -0.4 is 10.6 Å². The fourth-order valence-corrected chi connectivity index (χ4v) is 2.85. The van der Waals surface area contributed by atoms with E-state index in [4.69, 9.17) is 4.74 Å². The maximum Gasteiger partial charge on any atom is 0.343 e. The van der Waals surface area contributed by atoms with Crippen LogP contribution in [-0.2, 0) is 4.74 Å². The Labute approximate surface area is 162 Å². The lowest BCUT2D eigenvalue weighted by Gasteiger charge is -2.12. The number of nitrogens with zero attached hydrogens (tertiary/aromatic N) is 3. The third kappa shape index (κ3) is 3.95. The third-order valence-electron chi connectivity index (χ3n) is 4.52. The number of benzene rings is 1. The van der Waals surface area contributed by atoms with Gasteiger partial charge >= 0.3 is 5.97 Å². The van der Waals surface area contributed by atoms with Gasteiger partial charge < -0.3 is 15.4 Å². The Morgan fingerprint density at radius 2 is 2.11 bits per heavy atom. The minimum Gasteiger partial charge on any atom is -0.462 e. The number of carbonyl (C=O) groups excluding carboxylic acids is 1. The molecule has 3 N–H and O–H groups in total. The Balaban J connectivity index is 1.63. The Hall–Kier alpha value is -3.42. The van der Waals surface area contributed by atoms with Crippen LogP contribution in [0.1, 0.15) is 47.3 Å². The topological polar surface area (TPSA) is 105 Å². The molecule has 2 heterocycles. The summed E-state index contributed by atoms with van der Waals surface area (Å²) in [6.45, 7) is 4.03. The number of H-pyrrole nitrogens is 1. The smallest absolute Gasteiger partial charge is 0.343 e. The molecule has 0 spiro atoms. The number of rotatable bonds is 7. The van der Waals surface area contributed by atoms with Crippen LogP contribution in [-0.4, -0.2) is 32.7 Å². The summed E-state index contributed by atoms with van der Waals surface area (Å²) in [5.41, 5.74) is 3.25. The number of para-hydroxylation sites is 1. The molecule has 0 unspecified atom stereocenters. The van der Waals surface area contributed by atoms with Crippen molar-refractivity contribution in [2.45, 2.75) is 32.6 Å². The fourth-order valence-electron chi connectivity index (χ4n) is 2.85. The Bertz CT molecular complexity index is 996. The van der Waals surface area contributed by atoms with Crippen LogP contribution in [0.25, 0.3) is 0 Å². The van der Waals surface area contributed by atoms with Crippen LogP contribution in [0.15, 0.2) is 36.5 Å². The predicted octanol–water partition coefficient (Wildman–Crippen LogP) is 4.05. The highest BCUT2D eigenvalue weighted by Crippen LogP contribution is 2.39. The molecule has 2 aromatic heterocycles. The van der Waals surface area contributed by atoms with Gasteiger partial charge in [0.05, 0.1) is 12.3 Å². The lowest BCUT2D eigenvalue weighted by atomic mass is 10.2. The van der Waals surface area contributed by atoms with E-state index in [-0.39, 0.29) is 12.2 Å². The highest BCUT2D eigenvalue weighted by Gasteiger charge is 2.26. The monoisotopic (exact) mass is 378 g/mol. The van der Waals surface area contributed by atoms with Crippen LogP contribution >= 0.6 is 0 Å². The number of aryl methyl sites for hydroxylation is 1. The van der Waals surface area contributed by atoms with Gasteiger partial charge in [0.15, 0.2) is 5.82 Å². The average Bonchev–Trinajstić information content (AvgIpc) is 3.43. The quantitative estimate of drug-likeness (QED) is 0.533. The zero-order valence-electron chi connectivity index (χ0n) is 15.8. The zero-order chi connectivity index (χ0) is 19.5. The van der Waals surface area contributed by atoms with E-state index in [2.05, 4.69) is 30.8 Å². The Morgan fingerprint density at radius 3 is 2.86 bits per heavy atom. The van der Waals surface area contributed by atoms with Gasteiger partial charge in [0.1, 0.15) is 11.4 Å². The molecule has 0 saturated heterocycles. The number of esters is 1. The molecule has 4 rings (SSSR count). The normalized spacial score (nSPS) is 13.2. The number of nitrogens with one attached hydrogen (secondary N) is 3. The molecule has 8 nitrogen and oxygen atoms in total. The molecule has 1 saturated carbocycles. The lowest BCUT2D eigenvalue weighted by molar-refractivity contribution is 0.0526. The van der Waals surface area contributed by atoms with Crippen LogP contribution in [0.3, 0.4) is 0 Å². The van der Waals surface area contributed by atoms with Gasteiger partial charge in [-0.3, -0.25) is 5.10 Å². The largest absolute Gasteiger partial charge is 0.462 e. The van der Waals surface area contributed by atoms with Gasteiger partial charge in [-0.15, -0.1) is 0 Å². The van der Waals surface area contributed by atoms with E-state index in [1.807, 2.05) is 37.3 Å². The Kier molecular flexibility index (Phi) is 4.92. The van der Waals surface area contributed by atoms with Crippen molar-refractivity contribution in [3.63, 3.8) is 0 Å². The molecule has 8 heteroatoms. The van der Waals surface area contributed by atoms with Crippen molar-refractivity contribution in [1.82, 2.24) is 20.2 Å². The SMILES string of the molecule is CCOC(=O)c1cnc(Nc2ccccc2C)nc1Nc1cc(C2CC2)n[nH]1. The van der Waals surface area contributed by atoms with Crippen molar-refractivity contribution in [3.05, 3.63) is 53.3 Å². The first kappa shape index (κ1) is 18.0. The first-order valence-electron chi connectivity index (χ1n) is 9.33. The van der Waals surface area contributed by atoms with Gasteiger partial charge in [-0.25, -0.2) is 9.78 Å². The summed E-state index contributed by atoms with van der Waals surface area (Å²) in [6, 6.07) is 9.79. The van der Waals surface area contributed by atoms with Crippen LogP contribution in [0.5, 0.6) is 0 Å². The minimum atomic E-state index is -0.477. The van der Waals surface area contributed by atoms with Crippen LogP contribution in [0.4, 0.5) is 23.3 Å². The van der Waals surface area contributed by atoms with Gasteiger partial charge in [0.2, 0.25) is 5.95 Å². The number of carbonyl (C=O) groups is 1. The molecular formula is C20H22N6O2. The third-order valence-corrected chi connectivity index (χ3v) is 4.52. The van der Waals surface area contributed by atoms with Gasteiger partial charge in [0, 0.05) is 23.9 Å². The summed E-state index contributed by atoms with van der Waals surface area (Å²) in [7, 11) is 0. The second kappa shape index (κ2) is 7.67. The van der Waals surface area contributed by atoms with Crippen molar-refractivity contribution in [2.75, 3.05) is 17.2 Å². The summed E-state index contributed by atoms with van der Waals surface area (Å²) in [4.78, 5) is 21.1. The van der Waals surface area contributed by atoms with Crippen LogP contribution in [0.2, 0.25) is 0 Å².